The largest absolute Gasteiger partial charge is 0.399 e. The van der Waals surface area contributed by atoms with E-state index in [9.17, 15) is 4.79 Å². The average molecular weight is 438 g/mol. The Hall–Kier alpha value is -3.07. The van der Waals surface area contributed by atoms with E-state index in [0.717, 1.165) is 75.4 Å². The van der Waals surface area contributed by atoms with E-state index in [1.54, 1.807) is 25.7 Å². The number of carbonyl (C=O) groups is 1. The van der Waals surface area contributed by atoms with Gasteiger partial charge in [-0.3, -0.25) is 14.7 Å². The van der Waals surface area contributed by atoms with Gasteiger partial charge in [-0.15, -0.1) is 0 Å². The minimum atomic E-state index is 0.105. The second kappa shape index (κ2) is 10.5. The SMILES string of the molecule is CON=C(c1ccccn1)C1CCN(C(=O)C2CCN(Cc3cnc(N)nc3)CC2)CC1. The fourth-order valence-electron chi connectivity index (χ4n) is 4.62. The van der Waals surface area contributed by atoms with E-state index in [2.05, 4.69) is 25.0 Å². The van der Waals surface area contributed by atoms with Gasteiger partial charge in [-0.05, 0) is 50.9 Å². The Morgan fingerprint density at radius 2 is 1.75 bits per heavy atom. The molecule has 2 fully saturated rings. The summed E-state index contributed by atoms with van der Waals surface area (Å²) in [6.07, 6.45) is 8.84. The predicted octanol–water partition coefficient (Wildman–Crippen LogP) is 1.96. The van der Waals surface area contributed by atoms with Gasteiger partial charge in [0.05, 0.1) is 5.69 Å². The number of carbonyl (C=O) groups excluding carboxylic acids is 1. The molecule has 0 spiro atoms. The van der Waals surface area contributed by atoms with Crippen LogP contribution in [-0.4, -0.2) is 69.7 Å². The summed E-state index contributed by atoms with van der Waals surface area (Å²) in [5.74, 6) is 0.940. The van der Waals surface area contributed by atoms with Gasteiger partial charge in [-0.25, -0.2) is 9.97 Å². The quantitative estimate of drug-likeness (QED) is 0.543. The predicted molar refractivity (Wildman–Crippen MR) is 122 cm³/mol. The Balaban J connectivity index is 1.26. The standard InChI is InChI=1S/C23H31N7O2/c1-32-28-21(20-4-2-3-9-25-20)18-7-12-30(13-8-18)22(31)19-5-10-29(11-6-19)16-17-14-26-23(24)27-15-17/h2-4,9,14-15,18-19H,5-8,10-13,16H2,1H3,(H2,24,26,27). The van der Waals surface area contributed by atoms with E-state index in [0.29, 0.717) is 11.9 Å². The molecule has 0 aromatic carbocycles. The van der Waals surface area contributed by atoms with Crippen LogP contribution in [0.2, 0.25) is 0 Å². The molecule has 2 N–H and O–H groups in total. The van der Waals surface area contributed by atoms with E-state index >= 15 is 0 Å². The smallest absolute Gasteiger partial charge is 0.225 e. The second-order valence-electron chi connectivity index (χ2n) is 8.47. The summed E-state index contributed by atoms with van der Waals surface area (Å²) >= 11 is 0. The summed E-state index contributed by atoms with van der Waals surface area (Å²) in [5, 5.41) is 4.25. The van der Waals surface area contributed by atoms with Crippen molar-refractivity contribution in [2.24, 2.45) is 17.0 Å². The molecule has 4 heterocycles. The van der Waals surface area contributed by atoms with Crippen LogP contribution in [0.25, 0.3) is 0 Å². The summed E-state index contributed by atoms with van der Waals surface area (Å²) in [5.41, 5.74) is 8.33. The second-order valence-corrected chi connectivity index (χ2v) is 8.47. The zero-order valence-electron chi connectivity index (χ0n) is 18.6. The van der Waals surface area contributed by atoms with Crippen molar-refractivity contribution in [3.05, 3.63) is 48.0 Å². The molecule has 0 bridgehead atoms. The molecule has 2 aromatic heterocycles. The van der Waals surface area contributed by atoms with Crippen LogP contribution in [0.5, 0.6) is 0 Å². The van der Waals surface area contributed by atoms with Gasteiger partial charge in [0.25, 0.3) is 0 Å². The highest BCUT2D eigenvalue weighted by Gasteiger charge is 2.32. The number of nitrogens with two attached hydrogens (primary N) is 1. The van der Waals surface area contributed by atoms with Crippen LogP contribution in [0.1, 0.15) is 36.9 Å². The van der Waals surface area contributed by atoms with Crippen LogP contribution in [0.15, 0.2) is 41.9 Å². The zero-order chi connectivity index (χ0) is 22.3. The summed E-state index contributed by atoms with van der Waals surface area (Å²) in [6, 6.07) is 5.81. The van der Waals surface area contributed by atoms with Crippen molar-refractivity contribution in [1.29, 1.82) is 0 Å². The van der Waals surface area contributed by atoms with Crippen molar-refractivity contribution in [1.82, 2.24) is 24.8 Å². The lowest BCUT2D eigenvalue weighted by atomic mass is 9.88. The topological polar surface area (TPSA) is 110 Å². The number of nitrogens with zero attached hydrogens (tertiary/aromatic N) is 6. The number of amides is 1. The molecule has 32 heavy (non-hydrogen) atoms. The van der Waals surface area contributed by atoms with Gasteiger partial charge in [-0.2, -0.15) is 0 Å². The lowest BCUT2D eigenvalue weighted by Crippen LogP contribution is -2.46. The van der Waals surface area contributed by atoms with Crippen LogP contribution in [0.4, 0.5) is 5.95 Å². The molecule has 9 heteroatoms. The molecule has 0 atom stereocenters. The minimum Gasteiger partial charge on any atom is -0.399 e. The van der Waals surface area contributed by atoms with Crippen LogP contribution in [-0.2, 0) is 16.2 Å². The highest BCUT2D eigenvalue weighted by molar-refractivity contribution is 6.00. The molecule has 0 saturated carbocycles. The number of rotatable bonds is 6. The highest BCUT2D eigenvalue weighted by atomic mass is 16.6. The van der Waals surface area contributed by atoms with Crippen molar-refractivity contribution in [2.45, 2.75) is 32.2 Å². The minimum absolute atomic E-state index is 0.105. The molecule has 2 aliphatic rings. The van der Waals surface area contributed by atoms with Gasteiger partial charge >= 0.3 is 0 Å². The van der Waals surface area contributed by atoms with Gasteiger partial charge in [0.2, 0.25) is 11.9 Å². The number of pyridine rings is 1. The van der Waals surface area contributed by atoms with E-state index < -0.39 is 0 Å². The van der Waals surface area contributed by atoms with Gasteiger partial charge < -0.3 is 15.5 Å². The average Bonchev–Trinajstić information content (AvgIpc) is 2.85. The number of piperidine rings is 2. The summed E-state index contributed by atoms with van der Waals surface area (Å²) in [4.78, 5) is 35.2. The fourth-order valence-corrected chi connectivity index (χ4v) is 4.62. The molecular weight excluding hydrogens is 406 g/mol. The maximum atomic E-state index is 13.1. The maximum absolute atomic E-state index is 13.1. The Morgan fingerprint density at radius 3 is 2.38 bits per heavy atom. The number of oxime groups is 1. The van der Waals surface area contributed by atoms with Gasteiger partial charge in [0.15, 0.2) is 0 Å². The summed E-state index contributed by atoms with van der Waals surface area (Å²) in [7, 11) is 1.56. The number of aromatic nitrogens is 3. The zero-order valence-corrected chi connectivity index (χ0v) is 18.6. The van der Waals surface area contributed by atoms with Crippen molar-refractivity contribution in [3.8, 4) is 0 Å². The van der Waals surface area contributed by atoms with Crippen molar-refractivity contribution in [3.63, 3.8) is 0 Å². The van der Waals surface area contributed by atoms with E-state index in [1.165, 1.54) is 0 Å². The molecule has 2 aromatic rings. The van der Waals surface area contributed by atoms with Gasteiger partial charge in [-0.1, -0.05) is 11.2 Å². The Morgan fingerprint density at radius 1 is 1.06 bits per heavy atom. The number of hydrogen-bond donors (Lipinski definition) is 1. The van der Waals surface area contributed by atoms with Gasteiger partial charge in [0, 0.05) is 55.6 Å². The third-order valence-corrected chi connectivity index (χ3v) is 6.38. The monoisotopic (exact) mass is 437 g/mol. The number of likely N-dealkylation sites (tertiary alicyclic amines) is 2. The number of anilines is 1. The van der Waals surface area contributed by atoms with Crippen LogP contribution < -0.4 is 5.73 Å². The molecule has 2 saturated heterocycles. The van der Waals surface area contributed by atoms with E-state index in [4.69, 9.17) is 10.6 Å². The molecular formula is C23H31N7O2. The van der Waals surface area contributed by atoms with Crippen LogP contribution in [0.3, 0.4) is 0 Å². The van der Waals surface area contributed by atoms with Crippen LogP contribution >= 0.6 is 0 Å². The third-order valence-electron chi connectivity index (χ3n) is 6.38. The third kappa shape index (κ3) is 5.40. The Kier molecular flexibility index (Phi) is 7.26. The van der Waals surface area contributed by atoms with Crippen molar-refractivity contribution >= 4 is 17.6 Å². The van der Waals surface area contributed by atoms with Crippen LogP contribution in [0, 0.1) is 11.8 Å². The molecule has 1 amide bonds. The fraction of sp³-hybridized carbons (Fsp3) is 0.522. The molecule has 9 nitrogen and oxygen atoms in total. The molecule has 0 aliphatic carbocycles. The number of hydrogen-bond acceptors (Lipinski definition) is 8. The molecule has 0 radical (unpaired) electrons. The summed E-state index contributed by atoms with van der Waals surface area (Å²) in [6.45, 7) is 4.11. The molecule has 170 valence electrons. The van der Waals surface area contributed by atoms with Gasteiger partial charge in [0.1, 0.15) is 12.8 Å². The van der Waals surface area contributed by atoms with E-state index in [-0.39, 0.29) is 11.8 Å². The Bertz CT molecular complexity index is 904. The first-order valence-electron chi connectivity index (χ1n) is 11.2. The normalized spacial score (nSPS) is 19.2. The lowest BCUT2D eigenvalue weighted by molar-refractivity contribution is -0.138. The highest BCUT2D eigenvalue weighted by Crippen LogP contribution is 2.26. The maximum Gasteiger partial charge on any atom is 0.225 e. The first-order valence-corrected chi connectivity index (χ1v) is 11.2. The van der Waals surface area contributed by atoms with E-state index in [1.807, 2.05) is 23.1 Å². The molecule has 2 aliphatic heterocycles. The lowest BCUT2D eigenvalue weighted by Gasteiger charge is -2.37. The van der Waals surface area contributed by atoms with Crippen molar-refractivity contribution in [2.75, 3.05) is 39.0 Å². The summed E-state index contributed by atoms with van der Waals surface area (Å²) < 4.78 is 0. The molecule has 0 unspecified atom stereocenters. The first kappa shape index (κ1) is 22.1. The first-order chi connectivity index (χ1) is 15.6. The van der Waals surface area contributed by atoms with Crippen molar-refractivity contribution < 1.29 is 9.63 Å². The number of nitrogen functional groups attached to an aromatic ring is 1. The molecule has 4 rings (SSSR count). The Labute approximate surface area is 188 Å².